The Kier molecular flexibility index (Phi) is 14.0. The van der Waals surface area contributed by atoms with Crippen molar-refractivity contribution >= 4 is 37.1 Å². The Balaban J connectivity index is 0.00000210. The number of rotatable bonds is 12. The molecule has 0 spiro atoms. The predicted molar refractivity (Wildman–Crippen MR) is 132 cm³/mol. The summed E-state index contributed by atoms with van der Waals surface area (Å²) in [6, 6.07) is 7.03. The Hall–Kier alpha value is -0.841. The number of fused-ring (bicyclic) bond motifs is 2. The number of esters is 1. The van der Waals surface area contributed by atoms with Crippen LogP contribution in [0, 0.1) is 11.7 Å². The number of hydrogen-bond acceptors (Lipinski definition) is 8. The average Bonchev–Trinajstić information content (AvgIpc) is 3.14. The Morgan fingerprint density at radius 1 is 1.17 bits per heavy atom. The van der Waals surface area contributed by atoms with Gasteiger partial charge >= 0.3 is 28.3 Å². The number of hydrogen-bond donors (Lipinski definition) is 0. The summed E-state index contributed by atoms with van der Waals surface area (Å²) < 4.78 is 26.9. The van der Waals surface area contributed by atoms with Crippen molar-refractivity contribution < 1.29 is 41.1 Å². The molecule has 2 fully saturated rings. The molecule has 35 heavy (non-hydrogen) atoms. The van der Waals surface area contributed by atoms with Crippen molar-refractivity contribution in [2.45, 2.75) is 43.7 Å². The number of amides is 1. The van der Waals surface area contributed by atoms with Gasteiger partial charge in [-0.3, -0.25) is 14.6 Å². The van der Waals surface area contributed by atoms with Crippen LogP contribution in [0.1, 0.15) is 37.2 Å². The third kappa shape index (κ3) is 8.61. The number of benzene rings is 1. The van der Waals surface area contributed by atoms with Gasteiger partial charge in [-0.25, -0.2) is 4.39 Å². The number of piperidine rings is 1. The molecule has 1 amide bonds. The van der Waals surface area contributed by atoms with E-state index in [2.05, 4.69) is 15.1 Å². The molecule has 11 heteroatoms. The van der Waals surface area contributed by atoms with Crippen LogP contribution in [0.5, 0.6) is 0 Å². The van der Waals surface area contributed by atoms with E-state index >= 15 is 0 Å². The van der Waals surface area contributed by atoms with E-state index in [0.717, 1.165) is 63.2 Å². The molecule has 193 valence electrons. The van der Waals surface area contributed by atoms with Crippen molar-refractivity contribution in [3.05, 3.63) is 41.0 Å². The molecule has 1 aromatic carbocycles. The Morgan fingerprint density at radius 3 is 2.51 bits per heavy atom. The predicted octanol–water partition coefficient (Wildman–Crippen LogP) is 2.50. The Morgan fingerprint density at radius 2 is 1.89 bits per heavy atom. The first-order valence-electron chi connectivity index (χ1n) is 11.8. The van der Waals surface area contributed by atoms with Gasteiger partial charge in [0.05, 0.1) is 18.9 Å². The summed E-state index contributed by atoms with van der Waals surface area (Å²) in [5.41, 5.74) is 1.00. The molecule has 0 N–H and O–H groups in total. The fraction of sp³-hybridized carbons (Fsp3) is 0.667. The van der Waals surface area contributed by atoms with Gasteiger partial charge in [0.15, 0.2) is 0 Å². The number of ether oxygens (including phenoxy) is 1. The standard InChI is InChI=1S/C24H36FN3O3S2.O.Tc/c1-31-24(30)23-20(17-3-5-18(25)6-4-17)15-19-7-8-21(23)28(19)11-2-10-27(12-14-33)16-22(29)26-9-13-32;;/h3-6,19-21,23H,2,7-16H2,1H3,(H3,26,29,32,33);;/q;;+4/p-3/t19?,20-,21+,23-;;/m0../s1/i;;1+1. The third-order valence-electron chi connectivity index (χ3n) is 6.87. The first-order chi connectivity index (χ1) is 17.0. The van der Waals surface area contributed by atoms with Gasteiger partial charge in [-0.1, -0.05) is 12.1 Å². The van der Waals surface area contributed by atoms with E-state index in [1.807, 2.05) is 0 Å². The van der Waals surface area contributed by atoms with E-state index < -0.39 is 0 Å². The van der Waals surface area contributed by atoms with Crippen LogP contribution in [-0.2, 0) is 61.9 Å². The SMILES string of the molecule is COC(=O)[C@@H]1[C@H]2CCC(C[C@H]1c1ccc(F)cc1)N2CCCN(CC[S-])CC(=O)[N-]CC[S-].[O]=[99Tc+4]. The van der Waals surface area contributed by atoms with Gasteiger partial charge in [0, 0.05) is 24.5 Å². The molecule has 2 aliphatic rings. The van der Waals surface area contributed by atoms with Crippen LogP contribution in [0.25, 0.3) is 5.32 Å². The molecule has 1 unspecified atom stereocenters. The van der Waals surface area contributed by atoms with Crippen molar-refractivity contribution in [3.8, 4) is 0 Å². The molecule has 0 saturated carbocycles. The molecule has 2 aliphatic heterocycles. The molecular formula is C24H33FN3O4S2Tc+. The Labute approximate surface area is 229 Å². The van der Waals surface area contributed by atoms with Crippen molar-refractivity contribution in [2.75, 3.05) is 51.3 Å². The quantitative estimate of drug-likeness (QED) is 0.264. The summed E-state index contributed by atoms with van der Waals surface area (Å²) in [5, 5.41) is 3.97. The van der Waals surface area contributed by atoms with Crippen LogP contribution in [0.15, 0.2) is 24.3 Å². The van der Waals surface area contributed by atoms with E-state index in [9.17, 15) is 14.0 Å². The van der Waals surface area contributed by atoms with Crippen LogP contribution < -0.4 is 0 Å². The number of carbonyl (C=O) groups is 2. The van der Waals surface area contributed by atoms with Crippen molar-refractivity contribution in [3.63, 3.8) is 0 Å². The average molecular weight is 610 g/mol. The Bertz CT molecular complexity index is 807. The molecule has 7 nitrogen and oxygen atoms in total. The van der Waals surface area contributed by atoms with E-state index in [-0.39, 0.29) is 42.1 Å². The maximum absolute atomic E-state index is 13.5. The van der Waals surface area contributed by atoms with Gasteiger partial charge < -0.3 is 40.1 Å². The zero-order chi connectivity index (χ0) is 25.8. The molecule has 2 saturated heterocycles. The second-order valence-corrected chi connectivity index (χ2v) is 9.61. The van der Waals surface area contributed by atoms with Gasteiger partial charge in [0.1, 0.15) is 5.82 Å². The van der Waals surface area contributed by atoms with Crippen LogP contribution in [0.3, 0.4) is 0 Å². The fourth-order valence-corrected chi connectivity index (χ4v) is 5.81. The minimum absolute atomic E-state index is 0.0344. The number of halogens is 1. The second kappa shape index (κ2) is 16.1. The molecular weight excluding hydrogens is 576 g/mol. The zero-order valence-electron chi connectivity index (χ0n) is 19.9. The van der Waals surface area contributed by atoms with Gasteiger partial charge in [0.2, 0.25) is 0 Å². The molecule has 0 aromatic heterocycles. The number of methoxy groups -OCH3 is 1. The fourth-order valence-electron chi connectivity index (χ4n) is 5.46. The first-order valence-corrected chi connectivity index (χ1v) is 13.7. The first kappa shape index (κ1) is 30.4. The monoisotopic (exact) mass is 609 g/mol. The summed E-state index contributed by atoms with van der Waals surface area (Å²) in [7, 11) is 1.44. The number of nitrogens with zero attached hydrogens (tertiary/aromatic N) is 3. The number of carbonyl (C=O) groups excluding carboxylic acids is 2. The van der Waals surface area contributed by atoms with Gasteiger partial charge in [-0.15, -0.1) is 0 Å². The van der Waals surface area contributed by atoms with E-state index in [1.165, 1.54) is 19.2 Å². The topological polar surface area (TPSA) is 81.0 Å². The van der Waals surface area contributed by atoms with E-state index in [1.54, 1.807) is 12.1 Å². The molecule has 0 aliphatic carbocycles. The van der Waals surface area contributed by atoms with Crippen LogP contribution in [0.4, 0.5) is 4.39 Å². The maximum atomic E-state index is 13.5. The molecule has 1 aromatic rings. The summed E-state index contributed by atoms with van der Waals surface area (Å²) in [6.45, 7) is 2.94. The van der Waals surface area contributed by atoms with Gasteiger partial charge in [-0.05, 0) is 63.0 Å². The third-order valence-corrected chi connectivity index (χ3v) is 7.24. The molecule has 2 heterocycles. The van der Waals surface area contributed by atoms with Crippen LogP contribution in [0.2, 0.25) is 0 Å². The minimum atomic E-state index is -0.271. The zero-order valence-corrected chi connectivity index (χ0v) is 23.4. The molecule has 0 radical (unpaired) electrons. The van der Waals surface area contributed by atoms with E-state index in [4.69, 9.17) is 33.5 Å². The van der Waals surface area contributed by atoms with Crippen molar-refractivity contribution in [1.29, 1.82) is 0 Å². The molecule has 4 atom stereocenters. The van der Waals surface area contributed by atoms with Crippen LogP contribution in [-0.4, -0.2) is 85.1 Å². The van der Waals surface area contributed by atoms with Crippen molar-refractivity contribution in [1.82, 2.24) is 9.80 Å². The van der Waals surface area contributed by atoms with Crippen LogP contribution >= 0.6 is 0 Å². The summed E-state index contributed by atoms with van der Waals surface area (Å²) >= 11 is 10.9. The summed E-state index contributed by atoms with van der Waals surface area (Å²) in [6.07, 6.45) is 3.74. The molecule has 3 rings (SSSR count). The second-order valence-electron chi connectivity index (χ2n) is 8.79. The summed E-state index contributed by atoms with van der Waals surface area (Å²) in [5.74, 6) is 0.176. The normalized spacial score (nSPS) is 23.5. The van der Waals surface area contributed by atoms with E-state index in [0.29, 0.717) is 30.6 Å². The van der Waals surface area contributed by atoms with Gasteiger partial charge in [0.25, 0.3) is 0 Å². The molecule has 2 bridgehead atoms. The van der Waals surface area contributed by atoms with Gasteiger partial charge in [-0.2, -0.15) is 18.1 Å². The summed E-state index contributed by atoms with van der Waals surface area (Å²) in [4.78, 5) is 29.4. The van der Waals surface area contributed by atoms with Crippen molar-refractivity contribution in [2.24, 2.45) is 5.92 Å².